The topological polar surface area (TPSA) is 113 Å². The number of nitrogens with zero attached hydrogens (tertiary/aromatic N) is 4. The van der Waals surface area contributed by atoms with E-state index in [1.807, 2.05) is 14.1 Å². The number of nitro benzene ring substituents is 1. The number of aromatic nitrogens is 2. The van der Waals surface area contributed by atoms with Gasteiger partial charge in [-0.2, -0.15) is 4.98 Å². The lowest BCUT2D eigenvalue weighted by molar-refractivity contribution is -0.384. The first-order valence-corrected chi connectivity index (χ1v) is 12.4. The van der Waals surface area contributed by atoms with Gasteiger partial charge in [-0.25, -0.2) is 4.98 Å². The van der Waals surface area contributed by atoms with Gasteiger partial charge in [0, 0.05) is 50.5 Å². The summed E-state index contributed by atoms with van der Waals surface area (Å²) in [6.45, 7) is 0.630. The molecule has 0 saturated heterocycles. The van der Waals surface area contributed by atoms with Crippen LogP contribution in [0.1, 0.15) is 55.3 Å². The third-order valence-corrected chi connectivity index (χ3v) is 6.84. The molecule has 1 saturated carbocycles. The molecule has 1 amide bonds. The number of rotatable bonds is 8. The van der Waals surface area contributed by atoms with Gasteiger partial charge in [-0.3, -0.25) is 14.9 Å². The highest BCUT2D eigenvalue weighted by Gasteiger charge is 2.24. The van der Waals surface area contributed by atoms with Crippen molar-refractivity contribution in [2.45, 2.75) is 57.4 Å². The number of nitrogens with one attached hydrogen (secondary N) is 2. The number of non-ortho nitro benzene ring substituents is 1. The lowest BCUT2D eigenvalue weighted by atomic mass is 9.86. The molecule has 2 aliphatic carbocycles. The van der Waals surface area contributed by atoms with Crippen molar-refractivity contribution in [2.24, 2.45) is 5.92 Å². The van der Waals surface area contributed by atoms with Crippen LogP contribution in [0.15, 0.2) is 30.3 Å². The van der Waals surface area contributed by atoms with Crippen LogP contribution in [0.3, 0.4) is 0 Å². The van der Waals surface area contributed by atoms with Crippen LogP contribution in [0.2, 0.25) is 0 Å². The van der Waals surface area contributed by atoms with Crippen LogP contribution >= 0.6 is 0 Å². The molecule has 9 nitrogen and oxygen atoms in total. The zero-order valence-corrected chi connectivity index (χ0v) is 20.5. The summed E-state index contributed by atoms with van der Waals surface area (Å²) in [5.74, 6) is 2.02. The van der Waals surface area contributed by atoms with Gasteiger partial charge in [0.25, 0.3) is 5.69 Å². The fraction of sp³-hybridized carbons (Fsp3) is 0.500. The van der Waals surface area contributed by atoms with E-state index in [4.69, 9.17) is 9.97 Å². The first kappa shape index (κ1) is 24.6. The molecule has 1 heterocycles. The first-order chi connectivity index (χ1) is 16.9. The Morgan fingerprint density at radius 3 is 2.69 bits per heavy atom. The van der Waals surface area contributed by atoms with Crippen molar-refractivity contribution in [3.05, 3.63) is 57.3 Å². The van der Waals surface area contributed by atoms with Gasteiger partial charge in [-0.15, -0.1) is 0 Å². The smallest absolute Gasteiger partial charge is 0.270 e. The molecule has 186 valence electrons. The molecule has 0 unspecified atom stereocenters. The van der Waals surface area contributed by atoms with Gasteiger partial charge in [0.2, 0.25) is 11.9 Å². The fourth-order valence-electron chi connectivity index (χ4n) is 4.92. The summed E-state index contributed by atoms with van der Waals surface area (Å²) >= 11 is 0. The van der Waals surface area contributed by atoms with Gasteiger partial charge in [0.15, 0.2) is 0 Å². The third kappa shape index (κ3) is 6.55. The van der Waals surface area contributed by atoms with E-state index < -0.39 is 4.92 Å². The first-order valence-electron chi connectivity index (χ1n) is 12.4. The maximum absolute atomic E-state index is 12.2. The molecule has 1 aromatic carbocycles. The number of anilines is 2. The van der Waals surface area contributed by atoms with E-state index in [-0.39, 0.29) is 11.6 Å². The van der Waals surface area contributed by atoms with Gasteiger partial charge in [-0.1, -0.05) is 12.1 Å². The number of hydrogen-bond acceptors (Lipinski definition) is 7. The lowest BCUT2D eigenvalue weighted by Gasteiger charge is -2.30. The van der Waals surface area contributed by atoms with E-state index in [9.17, 15) is 14.9 Å². The van der Waals surface area contributed by atoms with Gasteiger partial charge in [0.1, 0.15) is 5.82 Å². The Hall–Kier alpha value is -3.49. The summed E-state index contributed by atoms with van der Waals surface area (Å²) in [7, 11) is 4.08. The zero-order chi connectivity index (χ0) is 24.8. The summed E-state index contributed by atoms with van der Waals surface area (Å²) in [5.41, 5.74) is 3.12. The lowest BCUT2D eigenvalue weighted by Crippen LogP contribution is -2.33. The highest BCUT2D eigenvalue weighted by atomic mass is 16.6. The molecule has 0 aliphatic heterocycles. The van der Waals surface area contributed by atoms with E-state index in [0.29, 0.717) is 24.1 Å². The van der Waals surface area contributed by atoms with E-state index in [0.717, 1.165) is 50.3 Å². The van der Waals surface area contributed by atoms with Crippen LogP contribution in [-0.2, 0) is 17.6 Å². The Bertz CT molecular complexity index is 1090. The summed E-state index contributed by atoms with van der Waals surface area (Å²) in [6, 6.07) is 6.57. The third-order valence-electron chi connectivity index (χ3n) is 6.84. The van der Waals surface area contributed by atoms with E-state index in [1.165, 1.54) is 42.3 Å². The van der Waals surface area contributed by atoms with Crippen molar-refractivity contribution >= 4 is 29.4 Å². The second kappa shape index (κ2) is 11.3. The second-order valence-corrected chi connectivity index (χ2v) is 9.69. The average Bonchev–Trinajstić information content (AvgIpc) is 2.86. The molecule has 2 N–H and O–H groups in total. The minimum absolute atomic E-state index is 0.0108. The van der Waals surface area contributed by atoms with Crippen LogP contribution in [0.25, 0.3) is 6.08 Å². The molecule has 4 rings (SSSR count). The standard InChI is InChI=1S/C26H34N6O3/c1-31(2)25-22-8-3-4-9-23(22)29-26(30-25)28-20-13-10-19(11-14-20)17-27-24(33)15-12-18-6-5-7-21(16-18)32(34)35/h5-7,12,15-16,19-20H,3-4,8-11,13-14,17H2,1-2H3,(H,27,33)(H,28,29,30)/b15-12+. The normalized spacial score (nSPS) is 19.7. The Morgan fingerprint density at radius 1 is 1.17 bits per heavy atom. The molecule has 0 bridgehead atoms. The van der Waals surface area contributed by atoms with Crippen molar-refractivity contribution in [3.8, 4) is 0 Å². The second-order valence-electron chi connectivity index (χ2n) is 9.69. The number of aryl methyl sites for hydroxylation is 1. The molecule has 2 aliphatic rings. The van der Waals surface area contributed by atoms with Crippen molar-refractivity contribution < 1.29 is 9.72 Å². The van der Waals surface area contributed by atoms with Gasteiger partial charge in [-0.05, 0) is 68.9 Å². The number of carbonyl (C=O) groups excluding carboxylic acids is 1. The summed E-state index contributed by atoms with van der Waals surface area (Å²) in [4.78, 5) is 34.4. The maximum atomic E-state index is 12.2. The van der Waals surface area contributed by atoms with E-state index in [2.05, 4.69) is 15.5 Å². The van der Waals surface area contributed by atoms with Crippen molar-refractivity contribution in [1.29, 1.82) is 0 Å². The van der Waals surface area contributed by atoms with Crippen LogP contribution in [-0.4, -0.2) is 47.5 Å². The van der Waals surface area contributed by atoms with Crippen molar-refractivity contribution in [1.82, 2.24) is 15.3 Å². The molecule has 35 heavy (non-hydrogen) atoms. The van der Waals surface area contributed by atoms with Crippen LogP contribution < -0.4 is 15.5 Å². The quantitative estimate of drug-likeness (QED) is 0.333. The van der Waals surface area contributed by atoms with E-state index in [1.54, 1.807) is 18.2 Å². The van der Waals surface area contributed by atoms with Gasteiger partial charge < -0.3 is 15.5 Å². The molecule has 1 aromatic heterocycles. The number of hydrogen-bond donors (Lipinski definition) is 2. The van der Waals surface area contributed by atoms with Crippen LogP contribution in [0.4, 0.5) is 17.5 Å². The molecule has 2 aromatic rings. The minimum Gasteiger partial charge on any atom is -0.362 e. The predicted octanol–water partition coefficient (Wildman–Crippen LogP) is 4.13. The Balaban J connectivity index is 1.24. The molecular weight excluding hydrogens is 444 g/mol. The monoisotopic (exact) mass is 478 g/mol. The summed E-state index contributed by atoms with van der Waals surface area (Å²) in [6.07, 6.45) is 11.6. The van der Waals surface area contributed by atoms with Crippen molar-refractivity contribution in [2.75, 3.05) is 30.9 Å². The molecule has 0 spiro atoms. The average molecular weight is 479 g/mol. The molecule has 9 heteroatoms. The largest absolute Gasteiger partial charge is 0.362 e. The highest BCUT2D eigenvalue weighted by molar-refractivity contribution is 5.91. The van der Waals surface area contributed by atoms with Crippen molar-refractivity contribution in [3.63, 3.8) is 0 Å². The number of carbonyl (C=O) groups is 1. The predicted molar refractivity (Wildman–Crippen MR) is 138 cm³/mol. The number of benzene rings is 1. The molecule has 0 radical (unpaired) electrons. The molecule has 0 atom stereocenters. The number of fused-ring (bicyclic) bond motifs is 1. The fourth-order valence-corrected chi connectivity index (χ4v) is 4.92. The van der Waals surface area contributed by atoms with E-state index >= 15 is 0 Å². The summed E-state index contributed by atoms with van der Waals surface area (Å²) < 4.78 is 0. The Morgan fingerprint density at radius 2 is 1.94 bits per heavy atom. The minimum atomic E-state index is -0.443. The molecular formula is C26H34N6O3. The van der Waals surface area contributed by atoms with Gasteiger partial charge in [0.05, 0.1) is 10.6 Å². The zero-order valence-electron chi connectivity index (χ0n) is 20.5. The molecule has 1 fully saturated rings. The Kier molecular flexibility index (Phi) is 7.94. The highest BCUT2D eigenvalue weighted by Crippen LogP contribution is 2.30. The van der Waals surface area contributed by atoms with Crippen LogP contribution in [0, 0.1) is 16.0 Å². The Labute approximate surface area is 206 Å². The maximum Gasteiger partial charge on any atom is 0.270 e. The van der Waals surface area contributed by atoms with Crippen LogP contribution in [0.5, 0.6) is 0 Å². The van der Waals surface area contributed by atoms with Gasteiger partial charge >= 0.3 is 0 Å². The SMILES string of the molecule is CN(C)c1nc(NC2CCC(CNC(=O)/C=C/c3cccc([N+](=O)[O-])c3)CC2)nc2c1CCCC2. The number of nitro groups is 1. The summed E-state index contributed by atoms with van der Waals surface area (Å²) in [5, 5.41) is 17.4. The number of amides is 1.